The third-order valence-electron chi connectivity index (χ3n) is 4.40. The van der Waals surface area contributed by atoms with Gasteiger partial charge < -0.3 is 15.3 Å². The Morgan fingerprint density at radius 1 is 1.22 bits per heavy atom. The third-order valence-corrected chi connectivity index (χ3v) is 4.40. The molecule has 2 rings (SSSR count). The summed E-state index contributed by atoms with van der Waals surface area (Å²) in [7, 11) is 0. The predicted molar refractivity (Wildman–Crippen MR) is 107 cm³/mol. The first-order valence-electron chi connectivity index (χ1n) is 8.58. The summed E-state index contributed by atoms with van der Waals surface area (Å²) in [6.45, 7) is 12.3. The van der Waals surface area contributed by atoms with Gasteiger partial charge in [-0.2, -0.15) is 0 Å². The van der Waals surface area contributed by atoms with Gasteiger partial charge in [0, 0.05) is 31.8 Å². The predicted octanol–water partition coefficient (Wildman–Crippen LogP) is 3.34. The quantitative estimate of drug-likeness (QED) is 0.615. The minimum atomic E-state index is -1.02. The van der Waals surface area contributed by atoms with E-state index in [9.17, 15) is 14.4 Å². The molecule has 27 heavy (non-hydrogen) atoms. The molecule has 6 heteroatoms. The summed E-state index contributed by atoms with van der Waals surface area (Å²) in [5.41, 5.74) is 0.532. The molecule has 144 valence electrons. The highest BCUT2D eigenvalue weighted by molar-refractivity contribution is 5.97. The van der Waals surface area contributed by atoms with Crippen molar-refractivity contribution in [1.82, 2.24) is 4.90 Å². The Morgan fingerprint density at radius 3 is 2.37 bits per heavy atom. The maximum absolute atomic E-state index is 12.8. The van der Waals surface area contributed by atoms with E-state index in [0.717, 1.165) is 18.1 Å². The van der Waals surface area contributed by atoms with Crippen LogP contribution >= 0.6 is 0 Å². The van der Waals surface area contributed by atoms with Crippen LogP contribution in [0.5, 0.6) is 0 Å². The van der Waals surface area contributed by atoms with Crippen LogP contribution in [0, 0.1) is 5.41 Å². The fourth-order valence-electron chi connectivity index (χ4n) is 2.90. The lowest BCUT2D eigenvalue weighted by Crippen LogP contribution is -2.50. The molecule has 2 amide bonds. The number of aliphatic carboxylic acids is 1. The zero-order chi connectivity index (χ0) is 20.4. The Kier molecular flexibility index (Phi) is 8.20. The van der Waals surface area contributed by atoms with Crippen LogP contribution in [0.15, 0.2) is 56.2 Å². The number of anilines is 1. The molecule has 0 aliphatic carbocycles. The van der Waals surface area contributed by atoms with E-state index in [4.69, 9.17) is 5.11 Å². The van der Waals surface area contributed by atoms with Crippen molar-refractivity contribution < 1.29 is 19.5 Å². The van der Waals surface area contributed by atoms with E-state index in [1.807, 2.05) is 0 Å². The van der Waals surface area contributed by atoms with Gasteiger partial charge in [-0.25, -0.2) is 4.79 Å². The fraction of sp³-hybridized carbons (Fsp3) is 0.286. The Labute approximate surface area is 159 Å². The number of nitrogens with zero attached hydrogens (tertiary/aromatic N) is 1. The van der Waals surface area contributed by atoms with Gasteiger partial charge in [-0.05, 0) is 36.6 Å². The molecule has 1 aromatic rings. The molecule has 1 aromatic carbocycles. The minimum absolute atomic E-state index is 0.0479. The van der Waals surface area contributed by atoms with Crippen LogP contribution in [0.3, 0.4) is 0 Å². The van der Waals surface area contributed by atoms with Crippen molar-refractivity contribution in [2.75, 3.05) is 18.4 Å². The highest BCUT2D eigenvalue weighted by Crippen LogP contribution is 2.33. The summed E-state index contributed by atoms with van der Waals surface area (Å²) in [5.74, 6) is -1.26. The number of hydrogen-bond acceptors (Lipinski definition) is 3. The lowest BCUT2D eigenvalue weighted by Gasteiger charge is -2.39. The average Bonchev–Trinajstić information content (AvgIpc) is 2.68. The van der Waals surface area contributed by atoms with Crippen LogP contribution in [0.1, 0.15) is 25.3 Å². The van der Waals surface area contributed by atoms with Gasteiger partial charge in [0.2, 0.25) is 11.8 Å². The normalized spacial score (nSPS) is 18.9. The lowest BCUT2D eigenvalue weighted by molar-refractivity contribution is -0.135. The van der Waals surface area contributed by atoms with Crippen LogP contribution in [0.25, 0.3) is 6.08 Å². The van der Waals surface area contributed by atoms with Crippen molar-refractivity contribution >= 4 is 29.5 Å². The molecule has 2 N–H and O–H groups in total. The zero-order valence-electron chi connectivity index (χ0n) is 15.6. The van der Waals surface area contributed by atoms with Gasteiger partial charge in [-0.3, -0.25) is 9.59 Å². The second-order valence-electron chi connectivity index (χ2n) is 6.15. The van der Waals surface area contributed by atoms with Crippen LogP contribution in [-0.2, 0) is 14.4 Å². The molecule has 1 unspecified atom stereocenters. The molecule has 0 bridgehead atoms. The zero-order valence-corrected chi connectivity index (χ0v) is 15.6. The van der Waals surface area contributed by atoms with E-state index in [-0.39, 0.29) is 11.8 Å². The highest BCUT2D eigenvalue weighted by atomic mass is 16.4. The Hall–Kier alpha value is -3.15. The molecule has 1 aliphatic rings. The molecule has 6 nitrogen and oxygen atoms in total. The van der Waals surface area contributed by atoms with Crippen molar-refractivity contribution in [1.29, 1.82) is 0 Å². The second-order valence-corrected chi connectivity index (χ2v) is 6.15. The van der Waals surface area contributed by atoms with E-state index >= 15 is 0 Å². The SMILES string of the molecule is C=C.C=CC1(C(=O)Nc2ccc(/C=C/C(=O)O)cc2)CCCN(C(C)=O)C1. The van der Waals surface area contributed by atoms with Gasteiger partial charge in [0.05, 0.1) is 5.41 Å². The Balaban J connectivity index is 0.00000176. The molecule has 1 saturated heterocycles. The number of nitrogens with one attached hydrogen (secondary N) is 1. The Bertz CT molecular complexity index is 724. The number of carbonyl (C=O) groups excluding carboxylic acids is 2. The molecule has 1 aliphatic heterocycles. The average molecular weight is 370 g/mol. The van der Waals surface area contributed by atoms with Gasteiger partial charge in [0.25, 0.3) is 0 Å². The fourth-order valence-corrected chi connectivity index (χ4v) is 2.90. The van der Waals surface area contributed by atoms with Crippen LogP contribution in [0.4, 0.5) is 5.69 Å². The van der Waals surface area contributed by atoms with Crippen LogP contribution in [0.2, 0.25) is 0 Å². The number of hydrogen-bond donors (Lipinski definition) is 2. The number of piperidine rings is 1. The summed E-state index contributed by atoms with van der Waals surface area (Å²) in [6.07, 6.45) is 5.55. The first-order chi connectivity index (χ1) is 12.9. The standard InChI is InChI=1S/C19H22N2O4.C2H4/c1-3-19(11-4-12-21(13-19)14(2)22)18(25)20-16-8-5-15(6-9-16)7-10-17(23)24;1-2/h3,5-10H,1,4,11-13H2,2H3,(H,20,25)(H,23,24);1-2H2/b10-7+;. The summed E-state index contributed by atoms with van der Waals surface area (Å²) >= 11 is 0. The van der Waals surface area contributed by atoms with Crippen molar-refractivity contribution in [3.05, 3.63) is 61.7 Å². The molecular formula is C21H26N2O4. The van der Waals surface area contributed by atoms with E-state index in [2.05, 4.69) is 25.1 Å². The molecule has 0 saturated carbocycles. The molecule has 0 radical (unpaired) electrons. The summed E-state index contributed by atoms with van der Waals surface area (Å²) in [6, 6.07) is 6.86. The summed E-state index contributed by atoms with van der Waals surface area (Å²) in [4.78, 5) is 36.6. The van der Waals surface area contributed by atoms with E-state index in [1.54, 1.807) is 35.2 Å². The maximum atomic E-state index is 12.8. The van der Waals surface area contributed by atoms with Crippen LogP contribution < -0.4 is 5.32 Å². The second kappa shape index (κ2) is 10.1. The molecular weight excluding hydrogens is 344 g/mol. The Morgan fingerprint density at radius 2 is 1.85 bits per heavy atom. The van der Waals surface area contributed by atoms with E-state index in [0.29, 0.717) is 25.2 Å². The molecule has 0 aromatic heterocycles. The number of carboxylic acid groups (broad SMARTS) is 1. The molecule has 1 fully saturated rings. The van der Waals surface area contributed by atoms with Gasteiger partial charge >= 0.3 is 5.97 Å². The number of rotatable bonds is 5. The van der Waals surface area contributed by atoms with Gasteiger partial charge in [-0.15, -0.1) is 19.7 Å². The van der Waals surface area contributed by atoms with Gasteiger partial charge in [0.15, 0.2) is 0 Å². The summed E-state index contributed by atoms with van der Waals surface area (Å²) < 4.78 is 0. The van der Waals surface area contributed by atoms with Crippen molar-refractivity contribution in [3.63, 3.8) is 0 Å². The largest absolute Gasteiger partial charge is 0.478 e. The van der Waals surface area contributed by atoms with E-state index < -0.39 is 11.4 Å². The number of carbonyl (C=O) groups is 3. The van der Waals surface area contributed by atoms with Crippen molar-refractivity contribution in [2.45, 2.75) is 19.8 Å². The molecule has 1 heterocycles. The minimum Gasteiger partial charge on any atom is -0.478 e. The number of amides is 2. The first kappa shape index (κ1) is 21.9. The number of benzene rings is 1. The smallest absolute Gasteiger partial charge is 0.328 e. The van der Waals surface area contributed by atoms with Gasteiger partial charge in [-0.1, -0.05) is 18.2 Å². The third kappa shape index (κ3) is 5.95. The maximum Gasteiger partial charge on any atom is 0.328 e. The molecule has 0 spiro atoms. The first-order valence-corrected chi connectivity index (χ1v) is 8.58. The topological polar surface area (TPSA) is 86.7 Å². The highest BCUT2D eigenvalue weighted by Gasteiger charge is 2.40. The van der Waals surface area contributed by atoms with Crippen molar-refractivity contribution in [3.8, 4) is 0 Å². The number of carboxylic acids is 1. The van der Waals surface area contributed by atoms with E-state index in [1.165, 1.54) is 13.0 Å². The van der Waals surface area contributed by atoms with Gasteiger partial charge in [0.1, 0.15) is 0 Å². The van der Waals surface area contributed by atoms with Crippen molar-refractivity contribution in [2.24, 2.45) is 5.41 Å². The van der Waals surface area contributed by atoms with Crippen LogP contribution in [-0.4, -0.2) is 40.9 Å². The molecule has 1 atom stereocenters. The monoisotopic (exact) mass is 370 g/mol. The summed E-state index contributed by atoms with van der Waals surface area (Å²) in [5, 5.41) is 11.5. The number of likely N-dealkylation sites (tertiary alicyclic amines) is 1. The lowest BCUT2D eigenvalue weighted by atomic mass is 9.79.